The second-order valence-electron chi connectivity index (χ2n) is 4.02. The van der Waals surface area contributed by atoms with Crippen molar-refractivity contribution in [3.63, 3.8) is 0 Å². The Morgan fingerprint density at radius 3 is 2.68 bits per heavy atom. The third kappa shape index (κ3) is 3.75. The predicted molar refractivity (Wildman–Crippen MR) is 68.0 cm³/mol. The molecule has 1 unspecified atom stereocenters. The van der Waals surface area contributed by atoms with Crippen LogP contribution in [0.1, 0.15) is 13.8 Å². The van der Waals surface area contributed by atoms with E-state index < -0.39 is 16.9 Å². The molecule has 0 saturated heterocycles. The molecule has 0 fully saturated rings. The highest BCUT2D eigenvalue weighted by atomic mass is 35.5. The van der Waals surface area contributed by atoms with Crippen molar-refractivity contribution in [2.24, 2.45) is 5.92 Å². The lowest BCUT2D eigenvalue weighted by Crippen LogP contribution is -2.36. The van der Waals surface area contributed by atoms with Gasteiger partial charge in [0, 0.05) is 0 Å². The van der Waals surface area contributed by atoms with Crippen LogP contribution in [0.3, 0.4) is 0 Å². The van der Waals surface area contributed by atoms with E-state index in [1.165, 1.54) is 7.11 Å². The van der Waals surface area contributed by atoms with E-state index in [0.29, 0.717) is 0 Å². The standard InChI is InChI=1S/C10H13ClN4O4/c1-5(2)7(9(16)19-3)13-8-6(15(17)18)4-12-10(11)14-8/h4-5,7H,1-3H3,(H,12,13,14). The molecule has 1 rings (SSSR count). The zero-order chi connectivity index (χ0) is 14.6. The van der Waals surface area contributed by atoms with E-state index in [1.807, 2.05) is 0 Å². The van der Waals surface area contributed by atoms with Gasteiger partial charge in [-0.15, -0.1) is 0 Å². The van der Waals surface area contributed by atoms with E-state index in [2.05, 4.69) is 20.0 Å². The van der Waals surface area contributed by atoms with E-state index in [-0.39, 0.29) is 22.7 Å². The molecule has 0 aliphatic rings. The van der Waals surface area contributed by atoms with Gasteiger partial charge in [-0.25, -0.2) is 9.78 Å². The lowest BCUT2D eigenvalue weighted by atomic mass is 10.0. The molecular formula is C10H13ClN4O4. The van der Waals surface area contributed by atoms with Crippen molar-refractivity contribution in [1.82, 2.24) is 9.97 Å². The third-order valence-corrected chi connectivity index (χ3v) is 2.53. The summed E-state index contributed by atoms with van der Waals surface area (Å²) in [6, 6.07) is -0.769. The summed E-state index contributed by atoms with van der Waals surface area (Å²) in [7, 11) is 1.24. The number of nitrogens with one attached hydrogen (secondary N) is 1. The van der Waals surface area contributed by atoms with Crippen LogP contribution in [0.25, 0.3) is 0 Å². The van der Waals surface area contributed by atoms with Crippen LogP contribution in [0.15, 0.2) is 6.20 Å². The summed E-state index contributed by atoms with van der Waals surface area (Å²) in [5.74, 6) is -0.811. The smallest absolute Gasteiger partial charge is 0.329 e. The van der Waals surface area contributed by atoms with Crippen LogP contribution < -0.4 is 5.32 Å². The van der Waals surface area contributed by atoms with Crippen molar-refractivity contribution < 1.29 is 14.5 Å². The second-order valence-corrected chi connectivity index (χ2v) is 4.36. The average molecular weight is 289 g/mol. The van der Waals surface area contributed by atoms with Crippen LogP contribution in [-0.2, 0) is 9.53 Å². The van der Waals surface area contributed by atoms with Gasteiger partial charge in [0.05, 0.1) is 12.0 Å². The summed E-state index contributed by atoms with van der Waals surface area (Å²) in [6.45, 7) is 3.53. The number of carbonyl (C=O) groups is 1. The number of hydrogen-bond donors (Lipinski definition) is 1. The van der Waals surface area contributed by atoms with Crippen molar-refractivity contribution in [3.05, 3.63) is 21.6 Å². The molecule has 104 valence electrons. The number of anilines is 1. The SMILES string of the molecule is COC(=O)C(Nc1nc(Cl)ncc1[N+](=O)[O-])C(C)C. The minimum atomic E-state index is -0.769. The average Bonchev–Trinajstić information content (AvgIpc) is 2.34. The molecule has 0 amide bonds. The first kappa shape index (κ1) is 15.1. The van der Waals surface area contributed by atoms with E-state index >= 15 is 0 Å². The highest BCUT2D eigenvalue weighted by Crippen LogP contribution is 2.24. The number of ether oxygens (including phenoxy) is 1. The van der Waals surface area contributed by atoms with Gasteiger partial charge in [-0.1, -0.05) is 13.8 Å². The highest BCUT2D eigenvalue weighted by molar-refractivity contribution is 6.28. The highest BCUT2D eigenvalue weighted by Gasteiger charge is 2.27. The molecule has 1 aromatic rings. The number of nitrogens with zero attached hydrogens (tertiary/aromatic N) is 3. The Hall–Kier alpha value is -1.96. The Balaban J connectivity index is 3.11. The fraction of sp³-hybridized carbons (Fsp3) is 0.500. The Kier molecular flexibility index (Phi) is 4.99. The molecule has 0 bridgehead atoms. The van der Waals surface area contributed by atoms with E-state index in [9.17, 15) is 14.9 Å². The fourth-order valence-corrected chi connectivity index (χ4v) is 1.50. The maximum atomic E-state index is 11.6. The molecule has 0 aliphatic heterocycles. The van der Waals surface area contributed by atoms with Crippen molar-refractivity contribution in [3.8, 4) is 0 Å². The monoisotopic (exact) mass is 288 g/mol. The summed E-state index contributed by atoms with van der Waals surface area (Å²) in [5, 5.41) is 13.4. The number of carbonyl (C=O) groups excluding carboxylic acids is 1. The number of esters is 1. The molecule has 1 aromatic heterocycles. The van der Waals surface area contributed by atoms with Gasteiger partial charge in [0.2, 0.25) is 11.1 Å². The third-order valence-electron chi connectivity index (χ3n) is 2.35. The summed E-state index contributed by atoms with van der Waals surface area (Å²) in [6.07, 6.45) is 0.979. The van der Waals surface area contributed by atoms with Gasteiger partial charge in [0.1, 0.15) is 12.2 Å². The lowest BCUT2D eigenvalue weighted by molar-refractivity contribution is -0.384. The van der Waals surface area contributed by atoms with Crippen LogP contribution in [-0.4, -0.2) is 34.0 Å². The normalized spacial score (nSPS) is 12.1. The molecule has 0 radical (unpaired) electrons. The van der Waals surface area contributed by atoms with E-state index in [1.54, 1.807) is 13.8 Å². The van der Waals surface area contributed by atoms with Crippen LogP contribution in [0.4, 0.5) is 11.5 Å². The Bertz CT molecular complexity index is 494. The van der Waals surface area contributed by atoms with Crippen molar-refractivity contribution in [2.45, 2.75) is 19.9 Å². The number of rotatable bonds is 5. The molecule has 19 heavy (non-hydrogen) atoms. The molecule has 9 heteroatoms. The van der Waals surface area contributed by atoms with Gasteiger partial charge >= 0.3 is 11.7 Å². The fourth-order valence-electron chi connectivity index (χ4n) is 1.37. The Morgan fingerprint density at radius 2 is 2.21 bits per heavy atom. The minimum Gasteiger partial charge on any atom is -0.467 e. The maximum absolute atomic E-state index is 11.6. The number of hydrogen-bond acceptors (Lipinski definition) is 7. The first-order chi connectivity index (χ1) is 8.86. The zero-order valence-corrected chi connectivity index (χ0v) is 11.3. The van der Waals surface area contributed by atoms with Gasteiger partial charge in [0.15, 0.2) is 0 Å². The lowest BCUT2D eigenvalue weighted by Gasteiger charge is -2.19. The van der Waals surface area contributed by atoms with Crippen LogP contribution >= 0.6 is 11.6 Å². The molecular weight excluding hydrogens is 276 g/mol. The van der Waals surface area contributed by atoms with Gasteiger partial charge in [-0.05, 0) is 17.5 Å². The molecule has 1 N–H and O–H groups in total. The Morgan fingerprint density at radius 1 is 1.58 bits per heavy atom. The molecule has 8 nitrogen and oxygen atoms in total. The quantitative estimate of drug-likeness (QED) is 0.380. The molecule has 0 aromatic carbocycles. The summed E-state index contributed by atoms with van der Waals surface area (Å²) in [4.78, 5) is 29.0. The van der Waals surface area contributed by atoms with E-state index in [0.717, 1.165) is 6.20 Å². The van der Waals surface area contributed by atoms with Crippen LogP contribution in [0.5, 0.6) is 0 Å². The number of methoxy groups -OCH3 is 1. The van der Waals surface area contributed by atoms with Gasteiger partial charge in [-0.2, -0.15) is 4.98 Å². The van der Waals surface area contributed by atoms with E-state index in [4.69, 9.17) is 11.6 Å². The minimum absolute atomic E-state index is 0.117. The number of halogens is 1. The van der Waals surface area contributed by atoms with Gasteiger partial charge in [0.25, 0.3) is 0 Å². The molecule has 1 atom stereocenters. The van der Waals surface area contributed by atoms with Gasteiger partial charge < -0.3 is 10.1 Å². The molecule has 0 saturated carbocycles. The van der Waals surface area contributed by atoms with Crippen LogP contribution in [0, 0.1) is 16.0 Å². The molecule has 0 aliphatic carbocycles. The molecule has 1 heterocycles. The topological polar surface area (TPSA) is 107 Å². The van der Waals surface area contributed by atoms with Crippen molar-refractivity contribution in [1.29, 1.82) is 0 Å². The van der Waals surface area contributed by atoms with Crippen LogP contribution in [0.2, 0.25) is 5.28 Å². The first-order valence-electron chi connectivity index (χ1n) is 5.38. The van der Waals surface area contributed by atoms with Gasteiger partial charge in [-0.3, -0.25) is 10.1 Å². The Labute approximate surface area is 114 Å². The predicted octanol–water partition coefficient (Wildman–Crippen LogP) is 1.65. The van der Waals surface area contributed by atoms with Crippen molar-refractivity contribution in [2.75, 3.05) is 12.4 Å². The second kappa shape index (κ2) is 6.28. The molecule has 0 spiro atoms. The first-order valence-corrected chi connectivity index (χ1v) is 5.76. The zero-order valence-electron chi connectivity index (χ0n) is 10.6. The number of aromatic nitrogens is 2. The maximum Gasteiger partial charge on any atom is 0.329 e. The largest absolute Gasteiger partial charge is 0.467 e. The summed E-state index contributed by atoms with van der Waals surface area (Å²) >= 11 is 5.60. The number of nitro groups is 1. The summed E-state index contributed by atoms with van der Waals surface area (Å²) < 4.78 is 4.63. The summed E-state index contributed by atoms with van der Waals surface area (Å²) in [5.41, 5.74) is -0.362. The van der Waals surface area contributed by atoms with Crippen molar-refractivity contribution >= 4 is 29.1 Å².